The molecule has 1 saturated heterocycles. The summed E-state index contributed by atoms with van der Waals surface area (Å²) in [5, 5.41) is 3.61. The van der Waals surface area contributed by atoms with E-state index in [2.05, 4.69) is 4.57 Å². The number of carbonyl (C=O) groups is 1. The Hall–Kier alpha value is -2.15. The van der Waals surface area contributed by atoms with Gasteiger partial charge in [0.2, 0.25) is 0 Å². The maximum atomic E-state index is 11.9. The summed E-state index contributed by atoms with van der Waals surface area (Å²) in [5.74, 6) is -0.423. The van der Waals surface area contributed by atoms with Gasteiger partial charge in [-0.15, -0.1) is 11.3 Å². The number of hydrogen-bond donors (Lipinski definition) is 1. The first-order chi connectivity index (χ1) is 13.0. The zero-order valence-electron chi connectivity index (χ0n) is 14.9. The van der Waals surface area contributed by atoms with E-state index in [1.54, 1.807) is 11.3 Å². The van der Waals surface area contributed by atoms with E-state index in [0.29, 0.717) is 17.1 Å². The monoisotopic (exact) mass is 401 g/mol. The van der Waals surface area contributed by atoms with Gasteiger partial charge in [0.25, 0.3) is 5.91 Å². The van der Waals surface area contributed by atoms with E-state index in [-0.39, 0.29) is 6.10 Å². The SMILES string of the molecule is Cc1c(C(N)=O)cc(-c2csc(-c3ccc(Cl)cc3)n2)n1CC1CCCO1. The predicted octanol–water partition coefficient (Wildman–Crippen LogP) is 4.52. The quantitative estimate of drug-likeness (QED) is 0.683. The van der Waals surface area contributed by atoms with Gasteiger partial charge in [-0.1, -0.05) is 23.7 Å². The van der Waals surface area contributed by atoms with E-state index in [9.17, 15) is 4.79 Å². The molecule has 1 amide bonds. The second-order valence-electron chi connectivity index (χ2n) is 6.68. The van der Waals surface area contributed by atoms with Crippen molar-refractivity contribution in [2.24, 2.45) is 5.73 Å². The van der Waals surface area contributed by atoms with Gasteiger partial charge < -0.3 is 15.0 Å². The smallest absolute Gasteiger partial charge is 0.250 e. The molecule has 0 saturated carbocycles. The molecule has 2 aromatic heterocycles. The van der Waals surface area contributed by atoms with Gasteiger partial charge in [-0.25, -0.2) is 4.98 Å². The van der Waals surface area contributed by atoms with Crippen LogP contribution in [0.1, 0.15) is 28.9 Å². The Balaban J connectivity index is 1.73. The molecule has 3 aromatic rings. The highest BCUT2D eigenvalue weighted by atomic mass is 35.5. The molecule has 1 aromatic carbocycles. The maximum absolute atomic E-state index is 11.9. The second-order valence-corrected chi connectivity index (χ2v) is 7.98. The number of thiazole rings is 1. The lowest BCUT2D eigenvalue weighted by Crippen LogP contribution is -2.18. The summed E-state index contributed by atoms with van der Waals surface area (Å²) >= 11 is 7.54. The van der Waals surface area contributed by atoms with E-state index in [4.69, 9.17) is 27.1 Å². The first-order valence-electron chi connectivity index (χ1n) is 8.86. The first kappa shape index (κ1) is 18.2. The minimum absolute atomic E-state index is 0.157. The lowest BCUT2D eigenvalue weighted by atomic mass is 10.2. The minimum Gasteiger partial charge on any atom is -0.376 e. The summed E-state index contributed by atoms with van der Waals surface area (Å²) in [6.07, 6.45) is 2.25. The van der Waals surface area contributed by atoms with Crippen molar-refractivity contribution in [1.82, 2.24) is 9.55 Å². The maximum Gasteiger partial charge on any atom is 0.250 e. The van der Waals surface area contributed by atoms with Crippen molar-refractivity contribution in [2.45, 2.75) is 32.4 Å². The Labute approximate surface area is 166 Å². The summed E-state index contributed by atoms with van der Waals surface area (Å²) < 4.78 is 7.90. The molecule has 5 nitrogen and oxygen atoms in total. The van der Waals surface area contributed by atoms with E-state index in [1.807, 2.05) is 42.6 Å². The molecule has 27 heavy (non-hydrogen) atoms. The van der Waals surface area contributed by atoms with Crippen molar-refractivity contribution in [3.8, 4) is 22.0 Å². The van der Waals surface area contributed by atoms with Crippen molar-refractivity contribution in [3.05, 3.63) is 52.0 Å². The summed E-state index contributed by atoms with van der Waals surface area (Å²) in [7, 11) is 0. The molecule has 1 unspecified atom stereocenters. The van der Waals surface area contributed by atoms with Crippen molar-refractivity contribution in [3.63, 3.8) is 0 Å². The van der Waals surface area contributed by atoms with Crippen LogP contribution in [0.15, 0.2) is 35.7 Å². The van der Waals surface area contributed by atoms with Gasteiger partial charge in [-0.2, -0.15) is 0 Å². The van der Waals surface area contributed by atoms with Gasteiger partial charge >= 0.3 is 0 Å². The van der Waals surface area contributed by atoms with Crippen LogP contribution in [0.2, 0.25) is 5.02 Å². The summed E-state index contributed by atoms with van der Waals surface area (Å²) in [5.41, 5.74) is 9.71. The molecular formula is C20H20ClN3O2S. The van der Waals surface area contributed by atoms with Gasteiger partial charge in [0.1, 0.15) is 5.01 Å². The summed E-state index contributed by atoms with van der Waals surface area (Å²) in [6.45, 7) is 3.41. The fourth-order valence-electron chi connectivity index (χ4n) is 3.45. The highest BCUT2D eigenvalue weighted by Gasteiger charge is 2.23. The number of carbonyl (C=O) groups excluding carboxylic acids is 1. The molecule has 0 radical (unpaired) electrons. The van der Waals surface area contributed by atoms with Crippen LogP contribution in [0.4, 0.5) is 0 Å². The van der Waals surface area contributed by atoms with E-state index >= 15 is 0 Å². The number of nitrogens with two attached hydrogens (primary N) is 1. The lowest BCUT2D eigenvalue weighted by molar-refractivity contribution is 0.0961. The molecule has 0 bridgehead atoms. The third kappa shape index (κ3) is 3.65. The number of ether oxygens (including phenoxy) is 1. The van der Waals surface area contributed by atoms with Crippen LogP contribution in [0.3, 0.4) is 0 Å². The number of benzene rings is 1. The molecular weight excluding hydrogens is 382 g/mol. The summed E-state index contributed by atoms with van der Waals surface area (Å²) in [4.78, 5) is 16.7. The van der Waals surface area contributed by atoms with Crippen LogP contribution in [0.25, 0.3) is 22.0 Å². The number of amides is 1. The van der Waals surface area contributed by atoms with E-state index in [0.717, 1.165) is 47.1 Å². The van der Waals surface area contributed by atoms with Crippen LogP contribution in [-0.2, 0) is 11.3 Å². The Morgan fingerprint density at radius 2 is 2.19 bits per heavy atom. The molecule has 7 heteroatoms. The Morgan fingerprint density at radius 3 is 2.85 bits per heavy atom. The van der Waals surface area contributed by atoms with Crippen LogP contribution in [0, 0.1) is 6.92 Å². The van der Waals surface area contributed by atoms with Crippen LogP contribution in [-0.4, -0.2) is 28.2 Å². The van der Waals surface area contributed by atoms with Crippen molar-refractivity contribution in [2.75, 3.05) is 6.61 Å². The fourth-order valence-corrected chi connectivity index (χ4v) is 4.40. The number of hydrogen-bond acceptors (Lipinski definition) is 4. The van der Waals surface area contributed by atoms with Gasteiger partial charge in [0.15, 0.2) is 0 Å². The van der Waals surface area contributed by atoms with Crippen molar-refractivity contribution < 1.29 is 9.53 Å². The summed E-state index contributed by atoms with van der Waals surface area (Å²) in [6, 6.07) is 9.46. The standard InChI is InChI=1S/C20H20ClN3O2S/c1-12-16(19(22)25)9-18(24(12)10-15-3-2-8-26-15)17-11-27-20(23-17)13-4-6-14(21)7-5-13/h4-7,9,11,15H,2-3,8,10H2,1H3,(H2,22,25). The zero-order valence-corrected chi connectivity index (χ0v) is 16.5. The highest BCUT2D eigenvalue weighted by Crippen LogP contribution is 2.32. The number of primary amides is 1. The van der Waals surface area contributed by atoms with Gasteiger partial charge in [0, 0.05) is 34.8 Å². The zero-order chi connectivity index (χ0) is 19.0. The average Bonchev–Trinajstić information content (AvgIpc) is 3.38. The molecule has 1 fully saturated rings. The van der Waals surface area contributed by atoms with Gasteiger partial charge in [-0.3, -0.25) is 4.79 Å². The van der Waals surface area contributed by atoms with Gasteiger partial charge in [0.05, 0.1) is 23.1 Å². The molecule has 3 heterocycles. The predicted molar refractivity (Wildman–Crippen MR) is 108 cm³/mol. The highest BCUT2D eigenvalue weighted by molar-refractivity contribution is 7.13. The topological polar surface area (TPSA) is 70.1 Å². The lowest BCUT2D eigenvalue weighted by Gasteiger charge is -2.15. The molecule has 1 atom stereocenters. The largest absolute Gasteiger partial charge is 0.376 e. The molecule has 1 aliphatic heterocycles. The van der Waals surface area contributed by atoms with Crippen molar-refractivity contribution >= 4 is 28.8 Å². The fraction of sp³-hybridized carbons (Fsp3) is 0.300. The van der Waals surface area contributed by atoms with Crippen LogP contribution < -0.4 is 5.73 Å². The first-order valence-corrected chi connectivity index (χ1v) is 10.1. The molecule has 1 aliphatic rings. The Kier molecular flexibility index (Phi) is 5.04. The van der Waals surface area contributed by atoms with Crippen molar-refractivity contribution in [1.29, 1.82) is 0 Å². The molecule has 2 N–H and O–H groups in total. The Morgan fingerprint density at radius 1 is 1.41 bits per heavy atom. The van der Waals surface area contributed by atoms with E-state index in [1.165, 1.54) is 0 Å². The second kappa shape index (κ2) is 7.46. The third-order valence-electron chi connectivity index (χ3n) is 4.90. The number of aromatic nitrogens is 2. The van der Waals surface area contributed by atoms with Crippen LogP contribution >= 0.6 is 22.9 Å². The van der Waals surface area contributed by atoms with E-state index < -0.39 is 5.91 Å². The Bertz CT molecular complexity index is 972. The number of nitrogens with zero attached hydrogens (tertiary/aromatic N) is 2. The van der Waals surface area contributed by atoms with Crippen LogP contribution in [0.5, 0.6) is 0 Å². The minimum atomic E-state index is -0.423. The third-order valence-corrected chi connectivity index (χ3v) is 6.04. The molecule has 140 valence electrons. The molecule has 0 aliphatic carbocycles. The number of halogens is 1. The number of rotatable bonds is 5. The molecule has 0 spiro atoms. The average molecular weight is 402 g/mol. The normalized spacial score (nSPS) is 16.7. The molecule has 4 rings (SSSR count). The van der Waals surface area contributed by atoms with Gasteiger partial charge in [-0.05, 0) is 38.0 Å².